The third-order valence-electron chi connectivity index (χ3n) is 3.25. The molecule has 1 atom stereocenters. The molecule has 0 radical (unpaired) electrons. The molecule has 3 nitrogen and oxygen atoms in total. The quantitative estimate of drug-likeness (QED) is 0.764. The SMILES string of the molecule is COc1ccc(S(=O)(=O)CC(CBr)C(C)(C)C)cc1. The van der Waals surface area contributed by atoms with Crippen LogP contribution in [-0.2, 0) is 9.84 Å². The van der Waals surface area contributed by atoms with Crippen LogP contribution < -0.4 is 4.74 Å². The van der Waals surface area contributed by atoms with E-state index in [4.69, 9.17) is 4.74 Å². The van der Waals surface area contributed by atoms with Gasteiger partial charge in [-0.15, -0.1) is 0 Å². The average Bonchev–Trinajstić information content (AvgIpc) is 2.34. The molecule has 1 aromatic carbocycles. The van der Waals surface area contributed by atoms with E-state index in [1.165, 1.54) is 0 Å². The number of benzene rings is 1. The van der Waals surface area contributed by atoms with Crippen LogP contribution in [0.2, 0.25) is 0 Å². The zero-order valence-electron chi connectivity index (χ0n) is 11.8. The van der Waals surface area contributed by atoms with Crippen molar-refractivity contribution < 1.29 is 13.2 Å². The molecule has 0 aliphatic heterocycles. The molecule has 0 spiro atoms. The van der Waals surface area contributed by atoms with E-state index < -0.39 is 9.84 Å². The number of hydrogen-bond acceptors (Lipinski definition) is 3. The van der Waals surface area contributed by atoms with Gasteiger partial charge in [-0.2, -0.15) is 0 Å². The monoisotopic (exact) mass is 348 g/mol. The summed E-state index contributed by atoms with van der Waals surface area (Å²) < 4.78 is 29.8. The number of sulfone groups is 1. The Morgan fingerprint density at radius 1 is 1.21 bits per heavy atom. The highest BCUT2D eigenvalue weighted by Gasteiger charge is 2.29. The Morgan fingerprint density at radius 3 is 2.11 bits per heavy atom. The number of methoxy groups -OCH3 is 1. The van der Waals surface area contributed by atoms with Crippen LogP contribution >= 0.6 is 15.9 Å². The van der Waals surface area contributed by atoms with Crippen LogP contribution in [0, 0.1) is 11.3 Å². The largest absolute Gasteiger partial charge is 0.497 e. The van der Waals surface area contributed by atoms with Gasteiger partial charge in [0.25, 0.3) is 0 Å². The second kappa shape index (κ2) is 6.27. The van der Waals surface area contributed by atoms with Crippen molar-refractivity contribution in [3.8, 4) is 5.75 Å². The van der Waals surface area contributed by atoms with Crippen molar-refractivity contribution in [3.63, 3.8) is 0 Å². The van der Waals surface area contributed by atoms with Crippen LogP contribution in [-0.4, -0.2) is 26.6 Å². The van der Waals surface area contributed by atoms with Crippen LogP contribution in [0.4, 0.5) is 0 Å². The molecular weight excluding hydrogens is 328 g/mol. The Balaban J connectivity index is 2.97. The van der Waals surface area contributed by atoms with Crippen molar-refractivity contribution in [2.75, 3.05) is 18.2 Å². The summed E-state index contributed by atoms with van der Waals surface area (Å²) in [5, 5.41) is 0.673. The van der Waals surface area contributed by atoms with E-state index in [2.05, 4.69) is 36.7 Å². The molecule has 0 amide bonds. The molecular formula is C14H21BrO3S. The third kappa shape index (κ3) is 4.49. The molecule has 0 aliphatic carbocycles. The maximum Gasteiger partial charge on any atom is 0.178 e. The molecule has 0 aliphatic rings. The van der Waals surface area contributed by atoms with Gasteiger partial charge in [0.15, 0.2) is 9.84 Å². The summed E-state index contributed by atoms with van der Waals surface area (Å²) >= 11 is 3.42. The van der Waals surface area contributed by atoms with Gasteiger partial charge < -0.3 is 4.74 Å². The van der Waals surface area contributed by atoms with E-state index in [1.54, 1.807) is 31.4 Å². The lowest BCUT2D eigenvalue weighted by Crippen LogP contribution is -2.29. The van der Waals surface area contributed by atoms with E-state index in [0.29, 0.717) is 16.0 Å². The Hall–Kier alpha value is -0.550. The molecule has 1 rings (SSSR count). The fourth-order valence-corrected chi connectivity index (χ4v) is 5.06. The van der Waals surface area contributed by atoms with Gasteiger partial charge in [0.1, 0.15) is 5.75 Å². The number of ether oxygens (including phenoxy) is 1. The van der Waals surface area contributed by atoms with Gasteiger partial charge in [-0.1, -0.05) is 36.7 Å². The van der Waals surface area contributed by atoms with Crippen LogP contribution in [0.15, 0.2) is 29.2 Å². The smallest absolute Gasteiger partial charge is 0.178 e. The highest BCUT2D eigenvalue weighted by molar-refractivity contribution is 9.09. The molecule has 1 unspecified atom stereocenters. The third-order valence-corrected chi connectivity index (χ3v) is 5.86. The predicted molar refractivity (Wildman–Crippen MR) is 81.8 cm³/mol. The van der Waals surface area contributed by atoms with Gasteiger partial charge in [0.05, 0.1) is 17.8 Å². The molecule has 19 heavy (non-hydrogen) atoms. The molecule has 5 heteroatoms. The van der Waals surface area contributed by atoms with Gasteiger partial charge in [-0.25, -0.2) is 8.42 Å². The zero-order chi connectivity index (χ0) is 14.7. The van der Waals surface area contributed by atoms with Crippen molar-refractivity contribution in [3.05, 3.63) is 24.3 Å². The van der Waals surface area contributed by atoms with E-state index in [9.17, 15) is 8.42 Å². The van der Waals surface area contributed by atoms with Gasteiger partial charge in [0.2, 0.25) is 0 Å². The highest BCUT2D eigenvalue weighted by Crippen LogP contribution is 2.30. The van der Waals surface area contributed by atoms with Crippen molar-refractivity contribution in [2.45, 2.75) is 25.7 Å². The molecule has 0 saturated carbocycles. The molecule has 0 saturated heterocycles. The van der Waals surface area contributed by atoms with Gasteiger partial charge in [-0.3, -0.25) is 0 Å². The summed E-state index contributed by atoms with van der Waals surface area (Å²) in [5.74, 6) is 0.875. The number of hydrogen-bond donors (Lipinski definition) is 0. The molecule has 0 bridgehead atoms. The number of halogens is 1. The van der Waals surface area contributed by atoms with Crippen LogP contribution in [0.5, 0.6) is 5.75 Å². The Kier molecular flexibility index (Phi) is 5.44. The normalized spacial score (nSPS) is 14.2. The second-order valence-electron chi connectivity index (χ2n) is 5.67. The maximum atomic E-state index is 12.4. The average molecular weight is 349 g/mol. The lowest BCUT2D eigenvalue weighted by Gasteiger charge is -2.28. The summed E-state index contributed by atoms with van der Waals surface area (Å²) in [6, 6.07) is 6.55. The second-order valence-corrected chi connectivity index (χ2v) is 8.36. The van der Waals surface area contributed by atoms with Crippen molar-refractivity contribution in [1.82, 2.24) is 0 Å². The van der Waals surface area contributed by atoms with Crippen LogP contribution in [0.3, 0.4) is 0 Å². The van der Waals surface area contributed by atoms with E-state index in [-0.39, 0.29) is 17.1 Å². The molecule has 108 valence electrons. The minimum Gasteiger partial charge on any atom is -0.497 e. The Morgan fingerprint density at radius 2 is 1.74 bits per heavy atom. The van der Waals surface area contributed by atoms with Crippen molar-refractivity contribution in [2.24, 2.45) is 11.3 Å². The fourth-order valence-electron chi connectivity index (χ4n) is 1.67. The first kappa shape index (κ1) is 16.5. The zero-order valence-corrected chi connectivity index (χ0v) is 14.2. The standard InChI is InChI=1S/C14H21BrO3S/c1-14(2,3)11(9-15)10-19(16,17)13-7-5-12(18-4)6-8-13/h5-8,11H,9-10H2,1-4H3. The number of alkyl halides is 1. The molecule has 0 heterocycles. The van der Waals surface area contributed by atoms with E-state index in [1.807, 2.05) is 0 Å². The van der Waals surface area contributed by atoms with Gasteiger partial charge in [0, 0.05) is 5.33 Å². The highest BCUT2D eigenvalue weighted by atomic mass is 79.9. The lowest BCUT2D eigenvalue weighted by atomic mass is 9.83. The molecule has 0 aromatic heterocycles. The van der Waals surface area contributed by atoms with E-state index >= 15 is 0 Å². The topological polar surface area (TPSA) is 43.4 Å². The Labute approximate surface area is 124 Å². The summed E-state index contributed by atoms with van der Waals surface area (Å²) in [5.41, 5.74) is -0.0525. The number of rotatable bonds is 5. The first-order valence-corrected chi connectivity index (χ1v) is 8.91. The maximum absolute atomic E-state index is 12.4. The summed E-state index contributed by atoms with van der Waals surface area (Å²) in [6.45, 7) is 6.17. The predicted octanol–water partition coefficient (Wildman–Crippen LogP) is 3.53. The van der Waals surface area contributed by atoms with Crippen molar-refractivity contribution in [1.29, 1.82) is 0 Å². The minimum absolute atomic E-state index is 0.0525. The van der Waals surface area contributed by atoms with E-state index in [0.717, 1.165) is 0 Å². The summed E-state index contributed by atoms with van der Waals surface area (Å²) in [4.78, 5) is 0.350. The van der Waals surface area contributed by atoms with Crippen LogP contribution in [0.1, 0.15) is 20.8 Å². The first-order chi connectivity index (χ1) is 8.70. The molecule has 1 aromatic rings. The lowest BCUT2D eigenvalue weighted by molar-refractivity contribution is 0.291. The summed E-state index contributed by atoms with van der Waals surface area (Å²) in [6.07, 6.45) is 0. The Bertz CT molecular complexity index is 500. The van der Waals surface area contributed by atoms with Gasteiger partial charge in [-0.05, 0) is 35.6 Å². The summed E-state index contributed by atoms with van der Waals surface area (Å²) in [7, 11) is -1.71. The van der Waals surface area contributed by atoms with Crippen molar-refractivity contribution >= 4 is 25.8 Å². The fraction of sp³-hybridized carbons (Fsp3) is 0.571. The first-order valence-electron chi connectivity index (χ1n) is 6.13. The minimum atomic E-state index is -3.27. The molecule has 0 N–H and O–H groups in total. The van der Waals surface area contributed by atoms with Crippen LogP contribution in [0.25, 0.3) is 0 Å². The van der Waals surface area contributed by atoms with Gasteiger partial charge >= 0.3 is 0 Å². The molecule has 0 fully saturated rings.